The van der Waals surface area contributed by atoms with Crippen LogP contribution in [0.25, 0.3) is 0 Å². The van der Waals surface area contributed by atoms with Crippen LogP contribution in [-0.2, 0) is 0 Å². The number of rotatable bonds is 3. The average molecular weight is 221 g/mol. The summed E-state index contributed by atoms with van der Waals surface area (Å²) in [5.74, 6) is 0.0955. The van der Waals surface area contributed by atoms with Crippen molar-refractivity contribution in [3.63, 3.8) is 0 Å². The van der Waals surface area contributed by atoms with Crippen molar-refractivity contribution in [1.82, 2.24) is 0 Å². The molecular formula is C10H11ClLiOP. The van der Waals surface area contributed by atoms with Gasteiger partial charge in [-0.1, -0.05) is 23.7 Å². The Hall–Kier alpha value is 0.207. The van der Waals surface area contributed by atoms with E-state index in [-0.39, 0.29) is 24.6 Å². The van der Waals surface area contributed by atoms with Crippen LogP contribution in [0.1, 0.15) is 22.3 Å². The Morgan fingerprint density at radius 2 is 2.14 bits per heavy atom. The van der Waals surface area contributed by atoms with E-state index in [0.29, 0.717) is 23.2 Å². The second-order valence-corrected chi connectivity index (χ2v) is 3.76. The molecule has 1 aromatic carbocycles. The first-order valence-electron chi connectivity index (χ1n) is 4.09. The Labute approximate surface area is 104 Å². The molecule has 14 heavy (non-hydrogen) atoms. The monoisotopic (exact) mass is 220 g/mol. The zero-order chi connectivity index (χ0) is 9.84. The SMILES string of the molecule is Cc1cccc(Cl)c1C(=O)CC[PH-].[Li+]. The molecule has 0 spiro atoms. The van der Waals surface area contributed by atoms with E-state index in [4.69, 9.17) is 11.6 Å². The van der Waals surface area contributed by atoms with Crippen molar-refractivity contribution >= 4 is 26.6 Å². The van der Waals surface area contributed by atoms with Crippen LogP contribution >= 0.6 is 20.8 Å². The van der Waals surface area contributed by atoms with E-state index in [1.807, 2.05) is 19.1 Å². The van der Waals surface area contributed by atoms with Crippen LogP contribution in [-0.4, -0.2) is 11.9 Å². The summed E-state index contributed by atoms with van der Waals surface area (Å²) in [5, 5.41) is 0.546. The van der Waals surface area contributed by atoms with Gasteiger partial charge in [0.05, 0.1) is 5.02 Å². The van der Waals surface area contributed by atoms with Gasteiger partial charge in [0, 0.05) is 5.56 Å². The molecule has 0 aliphatic rings. The maximum Gasteiger partial charge on any atom is 1.00 e. The van der Waals surface area contributed by atoms with Crippen molar-refractivity contribution in [2.75, 3.05) is 6.16 Å². The molecule has 0 unspecified atom stereocenters. The van der Waals surface area contributed by atoms with Gasteiger partial charge in [0.15, 0.2) is 5.78 Å². The normalized spacial score (nSPS) is 9.36. The molecule has 0 aliphatic heterocycles. The quantitative estimate of drug-likeness (QED) is 0.409. The van der Waals surface area contributed by atoms with Gasteiger partial charge in [0.25, 0.3) is 0 Å². The van der Waals surface area contributed by atoms with Gasteiger partial charge >= 0.3 is 18.9 Å². The van der Waals surface area contributed by atoms with E-state index in [1.165, 1.54) is 0 Å². The Kier molecular flexibility index (Phi) is 6.75. The molecule has 0 amide bonds. The third-order valence-electron chi connectivity index (χ3n) is 1.85. The van der Waals surface area contributed by atoms with Gasteiger partial charge in [-0.25, -0.2) is 0 Å². The second-order valence-electron chi connectivity index (χ2n) is 2.85. The number of hydrogen-bond acceptors (Lipinski definition) is 1. The van der Waals surface area contributed by atoms with Gasteiger partial charge < -0.3 is 9.24 Å². The number of carbonyl (C=O) groups is 1. The van der Waals surface area contributed by atoms with Gasteiger partial charge in [-0.2, -0.15) is 6.16 Å². The Bertz CT molecular complexity index is 308. The average Bonchev–Trinajstić information content (AvgIpc) is 2.04. The van der Waals surface area contributed by atoms with Crippen molar-refractivity contribution in [2.24, 2.45) is 0 Å². The van der Waals surface area contributed by atoms with Gasteiger partial charge in [-0.3, -0.25) is 4.79 Å². The first-order chi connectivity index (χ1) is 6.16. The molecule has 70 valence electrons. The standard InChI is InChI=1S/C10H11ClOP.Li/c1-7-3-2-4-8(11)10(7)9(12)5-6-13;/h2-4,13H,5-6H2,1H3;/q-1;+1. The number of Topliss-reactive ketones (excluding diaryl/α,β-unsaturated/α-hetero) is 1. The van der Waals surface area contributed by atoms with E-state index < -0.39 is 0 Å². The molecule has 0 heterocycles. The fraction of sp³-hybridized carbons (Fsp3) is 0.300. The van der Waals surface area contributed by atoms with E-state index in [9.17, 15) is 4.79 Å². The summed E-state index contributed by atoms with van der Waals surface area (Å²) >= 11 is 5.92. The first kappa shape index (κ1) is 14.2. The smallest absolute Gasteiger partial charge is 0.558 e. The predicted molar refractivity (Wildman–Crippen MR) is 58.3 cm³/mol. The van der Waals surface area contributed by atoms with Crippen LogP contribution in [0.5, 0.6) is 0 Å². The molecule has 1 nitrogen and oxygen atoms in total. The molecule has 0 saturated carbocycles. The van der Waals surface area contributed by atoms with Crippen molar-refractivity contribution in [3.8, 4) is 0 Å². The zero-order valence-corrected chi connectivity index (χ0v) is 10.2. The van der Waals surface area contributed by atoms with Gasteiger partial charge in [-0.05, 0) is 25.0 Å². The van der Waals surface area contributed by atoms with Crippen molar-refractivity contribution < 1.29 is 23.7 Å². The summed E-state index contributed by atoms with van der Waals surface area (Å²) in [4.78, 5) is 11.6. The molecule has 0 bridgehead atoms. The van der Waals surface area contributed by atoms with Gasteiger partial charge in [0.2, 0.25) is 0 Å². The Morgan fingerprint density at radius 1 is 1.50 bits per heavy atom. The molecule has 0 saturated heterocycles. The first-order valence-corrected chi connectivity index (χ1v) is 5.18. The summed E-state index contributed by atoms with van der Waals surface area (Å²) in [6.07, 6.45) is 1.16. The van der Waals surface area contributed by atoms with Crippen LogP contribution < -0.4 is 18.9 Å². The maximum absolute atomic E-state index is 11.6. The van der Waals surface area contributed by atoms with Crippen LogP contribution in [0.4, 0.5) is 0 Å². The molecule has 0 N–H and O–H groups in total. The van der Waals surface area contributed by atoms with E-state index in [2.05, 4.69) is 9.24 Å². The molecule has 1 rings (SSSR count). The number of ketones is 1. The molecule has 0 atom stereocenters. The third kappa shape index (κ3) is 3.41. The minimum absolute atomic E-state index is 0. The summed E-state index contributed by atoms with van der Waals surface area (Å²) in [5.41, 5.74) is 1.60. The largest absolute Gasteiger partial charge is 1.00 e. The fourth-order valence-corrected chi connectivity index (χ4v) is 1.78. The molecular weight excluding hydrogens is 209 g/mol. The van der Waals surface area contributed by atoms with Crippen LogP contribution in [0, 0.1) is 6.92 Å². The minimum Gasteiger partial charge on any atom is -0.558 e. The van der Waals surface area contributed by atoms with Gasteiger partial charge in [-0.15, -0.1) is 0 Å². The van der Waals surface area contributed by atoms with Crippen molar-refractivity contribution in [2.45, 2.75) is 13.3 Å². The summed E-state index contributed by atoms with van der Waals surface area (Å²) in [7, 11) is 3.28. The summed E-state index contributed by atoms with van der Waals surface area (Å²) in [6.45, 7) is 1.90. The second kappa shape index (κ2) is 6.65. The number of aryl methyl sites for hydroxylation is 1. The molecule has 4 heteroatoms. The molecule has 0 aliphatic carbocycles. The maximum atomic E-state index is 11.6. The minimum atomic E-state index is 0. The van der Waals surface area contributed by atoms with E-state index in [1.54, 1.807) is 6.07 Å². The van der Waals surface area contributed by atoms with Crippen LogP contribution in [0.3, 0.4) is 0 Å². The molecule has 0 radical (unpaired) electrons. The number of halogens is 1. The third-order valence-corrected chi connectivity index (χ3v) is 2.42. The number of benzene rings is 1. The van der Waals surface area contributed by atoms with Crippen LogP contribution in [0.2, 0.25) is 5.02 Å². The molecule has 0 aromatic heterocycles. The predicted octanol–water partition coefficient (Wildman–Crippen LogP) is 0.368. The number of carbonyl (C=O) groups excluding carboxylic acids is 1. The van der Waals surface area contributed by atoms with Crippen molar-refractivity contribution in [1.29, 1.82) is 0 Å². The summed E-state index contributed by atoms with van der Waals surface area (Å²) < 4.78 is 0. The topological polar surface area (TPSA) is 17.1 Å². The Balaban J connectivity index is 0.00000169. The summed E-state index contributed by atoms with van der Waals surface area (Å²) in [6, 6.07) is 5.49. The van der Waals surface area contributed by atoms with Gasteiger partial charge in [0.1, 0.15) is 0 Å². The zero-order valence-electron chi connectivity index (χ0n) is 8.43. The fourth-order valence-electron chi connectivity index (χ4n) is 1.22. The van der Waals surface area contributed by atoms with E-state index >= 15 is 0 Å². The molecule has 1 aromatic rings. The van der Waals surface area contributed by atoms with Crippen molar-refractivity contribution in [3.05, 3.63) is 34.3 Å². The molecule has 0 fully saturated rings. The Morgan fingerprint density at radius 3 is 2.64 bits per heavy atom. The van der Waals surface area contributed by atoms with Crippen LogP contribution in [0.15, 0.2) is 18.2 Å². The van der Waals surface area contributed by atoms with E-state index in [0.717, 1.165) is 5.56 Å². The number of hydrogen-bond donors (Lipinski definition) is 0.